The lowest BCUT2D eigenvalue weighted by molar-refractivity contribution is -0.124. The van der Waals surface area contributed by atoms with Gasteiger partial charge >= 0.3 is 6.09 Å². The van der Waals surface area contributed by atoms with Gasteiger partial charge in [0.2, 0.25) is 11.8 Å². The maximum atomic E-state index is 12.5. The first-order valence-electron chi connectivity index (χ1n) is 8.88. The van der Waals surface area contributed by atoms with Crippen molar-refractivity contribution >= 4 is 23.6 Å². The number of benzene rings is 2. The van der Waals surface area contributed by atoms with Crippen LogP contribution in [-0.4, -0.2) is 29.6 Å². The minimum absolute atomic E-state index is 0.340. The Labute approximate surface area is 164 Å². The number of anilines is 1. The summed E-state index contributed by atoms with van der Waals surface area (Å²) in [7, 11) is 0. The van der Waals surface area contributed by atoms with Crippen molar-refractivity contribution in [3.63, 3.8) is 0 Å². The summed E-state index contributed by atoms with van der Waals surface area (Å²) in [5.74, 6) is -1.27. The number of nitrogens with one attached hydrogen (secondary N) is 2. The Hall–Kier alpha value is -3.35. The van der Waals surface area contributed by atoms with Crippen molar-refractivity contribution in [3.8, 4) is 11.1 Å². The van der Waals surface area contributed by atoms with Crippen LogP contribution in [0.1, 0.15) is 27.2 Å². The van der Waals surface area contributed by atoms with E-state index in [0.717, 1.165) is 11.1 Å². The van der Waals surface area contributed by atoms with Gasteiger partial charge in [0.05, 0.1) is 6.42 Å². The largest absolute Gasteiger partial charge is 0.444 e. The zero-order chi connectivity index (χ0) is 20.7. The molecule has 0 saturated heterocycles. The van der Waals surface area contributed by atoms with E-state index >= 15 is 0 Å². The monoisotopic (exact) mass is 383 g/mol. The van der Waals surface area contributed by atoms with Crippen molar-refractivity contribution in [2.24, 2.45) is 5.73 Å². The summed E-state index contributed by atoms with van der Waals surface area (Å²) in [5, 5.41) is 5.07. The molecule has 148 valence electrons. The number of hydrogen-bond acceptors (Lipinski definition) is 4. The average molecular weight is 383 g/mol. The van der Waals surface area contributed by atoms with Crippen molar-refractivity contribution in [1.29, 1.82) is 0 Å². The Balaban J connectivity index is 2.05. The van der Waals surface area contributed by atoms with Crippen LogP contribution in [0.5, 0.6) is 0 Å². The maximum absolute atomic E-state index is 12.5. The second-order valence-corrected chi connectivity index (χ2v) is 7.30. The number of nitrogens with two attached hydrogens (primary N) is 1. The van der Waals surface area contributed by atoms with Crippen LogP contribution in [0, 0.1) is 0 Å². The molecule has 1 atom stereocenters. The number of rotatable bonds is 6. The van der Waals surface area contributed by atoms with Crippen LogP contribution in [0.3, 0.4) is 0 Å². The van der Waals surface area contributed by atoms with E-state index < -0.39 is 29.6 Å². The molecule has 0 spiro atoms. The number of carbonyl (C=O) groups excluding carboxylic acids is 3. The molecular formula is C21H25N3O4. The van der Waals surface area contributed by atoms with Gasteiger partial charge < -0.3 is 21.1 Å². The first-order valence-corrected chi connectivity index (χ1v) is 8.88. The minimum Gasteiger partial charge on any atom is -0.444 e. The molecule has 0 fully saturated rings. The van der Waals surface area contributed by atoms with Crippen molar-refractivity contribution in [3.05, 3.63) is 54.6 Å². The highest BCUT2D eigenvalue weighted by atomic mass is 16.6. The van der Waals surface area contributed by atoms with E-state index in [1.165, 1.54) is 0 Å². The summed E-state index contributed by atoms with van der Waals surface area (Å²) in [5.41, 5.74) is 7.06. The van der Waals surface area contributed by atoms with Crippen LogP contribution in [0.4, 0.5) is 10.5 Å². The standard InChI is InChI=1S/C21H25N3O4/c1-21(2,3)28-20(27)24-17(13-18(22)25)19(26)23-16-11-9-15(10-12-16)14-7-5-4-6-8-14/h4-12,17H,13H2,1-3H3,(H2,22,25)(H,23,26)(H,24,27)/t17-/m1/s1. The van der Waals surface area contributed by atoms with Gasteiger partial charge in [0.1, 0.15) is 11.6 Å². The summed E-state index contributed by atoms with van der Waals surface area (Å²) < 4.78 is 5.13. The molecule has 2 rings (SSSR count). The molecule has 2 aromatic rings. The Bertz CT molecular complexity index is 827. The lowest BCUT2D eigenvalue weighted by atomic mass is 10.1. The van der Waals surface area contributed by atoms with E-state index in [-0.39, 0.29) is 6.42 Å². The fraction of sp³-hybridized carbons (Fsp3) is 0.286. The van der Waals surface area contributed by atoms with Gasteiger partial charge in [-0.1, -0.05) is 42.5 Å². The van der Waals surface area contributed by atoms with E-state index in [9.17, 15) is 14.4 Å². The Kier molecular flexibility index (Phi) is 6.76. The molecule has 2 aromatic carbocycles. The molecule has 4 N–H and O–H groups in total. The molecule has 7 nitrogen and oxygen atoms in total. The normalized spacial score (nSPS) is 12.0. The quantitative estimate of drug-likeness (QED) is 0.712. The number of ether oxygens (including phenoxy) is 1. The Morgan fingerprint density at radius 1 is 0.964 bits per heavy atom. The number of carbonyl (C=O) groups is 3. The fourth-order valence-electron chi connectivity index (χ4n) is 2.47. The van der Waals surface area contributed by atoms with Crippen molar-refractivity contribution in [2.45, 2.75) is 38.8 Å². The molecule has 0 aliphatic carbocycles. The van der Waals surface area contributed by atoms with E-state index in [4.69, 9.17) is 10.5 Å². The molecule has 0 aliphatic heterocycles. The van der Waals surface area contributed by atoms with E-state index in [2.05, 4.69) is 10.6 Å². The topological polar surface area (TPSA) is 111 Å². The highest BCUT2D eigenvalue weighted by molar-refractivity contribution is 5.99. The second kappa shape index (κ2) is 9.03. The Morgan fingerprint density at radius 3 is 2.07 bits per heavy atom. The van der Waals surface area contributed by atoms with Crippen molar-refractivity contribution in [2.75, 3.05) is 5.32 Å². The zero-order valence-corrected chi connectivity index (χ0v) is 16.2. The van der Waals surface area contributed by atoms with Gasteiger partial charge in [0.25, 0.3) is 0 Å². The average Bonchev–Trinajstić information content (AvgIpc) is 2.60. The number of alkyl carbamates (subject to hydrolysis) is 1. The lowest BCUT2D eigenvalue weighted by Gasteiger charge is -2.22. The van der Waals surface area contributed by atoms with E-state index in [0.29, 0.717) is 5.69 Å². The molecular weight excluding hydrogens is 358 g/mol. The predicted molar refractivity (Wildman–Crippen MR) is 107 cm³/mol. The minimum atomic E-state index is -1.14. The molecule has 0 unspecified atom stereocenters. The highest BCUT2D eigenvalue weighted by Crippen LogP contribution is 2.21. The van der Waals surface area contributed by atoms with Crippen LogP contribution < -0.4 is 16.4 Å². The third-order valence-electron chi connectivity index (χ3n) is 3.67. The fourth-order valence-corrected chi connectivity index (χ4v) is 2.47. The van der Waals surface area contributed by atoms with Gasteiger partial charge in [-0.25, -0.2) is 4.79 Å². The van der Waals surface area contributed by atoms with Crippen LogP contribution in [0.15, 0.2) is 54.6 Å². The summed E-state index contributed by atoms with van der Waals surface area (Å²) in [6, 6.07) is 15.9. The maximum Gasteiger partial charge on any atom is 0.408 e. The van der Waals surface area contributed by atoms with Crippen LogP contribution >= 0.6 is 0 Å². The smallest absolute Gasteiger partial charge is 0.408 e. The molecule has 0 aliphatic rings. The third-order valence-corrected chi connectivity index (χ3v) is 3.67. The molecule has 0 bridgehead atoms. The Morgan fingerprint density at radius 2 is 1.54 bits per heavy atom. The van der Waals surface area contributed by atoms with Gasteiger partial charge in [-0.15, -0.1) is 0 Å². The van der Waals surface area contributed by atoms with Gasteiger partial charge in [-0.3, -0.25) is 9.59 Å². The molecule has 0 radical (unpaired) electrons. The predicted octanol–water partition coefficient (Wildman–Crippen LogP) is 3.06. The zero-order valence-electron chi connectivity index (χ0n) is 16.2. The van der Waals surface area contributed by atoms with Gasteiger partial charge in [0, 0.05) is 5.69 Å². The van der Waals surface area contributed by atoms with Gasteiger partial charge in [0.15, 0.2) is 0 Å². The highest BCUT2D eigenvalue weighted by Gasteiger charge is 2.26. The summed E-state index contributed by atoms with van der Waals surface area (Å²) in [6.07, 6.45) is -1.14. The second-order valence-electron chi connectivity index (χ2n) is 7.30. The van der Waals surface area contributed by atoms with E-state index in [1.807, 2.05) is 42.5 Å². The molecule has 28 heavy (non-hydrogen) atoms. The first kappa shape index (κ1) is 21.0. The summed E-state index contributed by atoms with van der Waals surface area (Å²) >= 11 is 0. The first-order chi connectivity index (χ1) is 13.1. The van der Waals surface area contributed by atoms with Crippen molar-refractivity contribution < 1.29 is 19.1 Å². The molecule has 0 heterocycles. The third kappa shape index (κ3) is 6.75. The molecule has 0 saturated carbocycles. The van der Waals surface area contributed by atoms with Crippen molar-refractivity contribution in [1.82, 2.24) is 5.32 Å². The van der Waals surface area contributed by atoms with Crippen LogP contribution in [0.25, 0.3) is 11.1 Å². The molecule has 3 amide bonds. The number of amides is 3. The van der Waals surface area contributed by atoms with Crippen LogP contribution in [-0.2, 0) is 14.3 Å². The summed E-state index contributed by atoms with van der Waals surface area (Å²) in [6.45, 7) is 5.10. The SMILES string of the molecule is CC(C)(C)OC(=O)N[C@H](CC(N)=O)C(=O)Nc1ccc(-c2ccccc2)cc1. The van der Waals surface area contributed by atoms with E-state index in [1.54, 1.807) is 32.9 Å². The van der Waals surface area contributed by atoms with Gasteiger partial charge in [-0.05, 0) is 44.0 Å². The lowest BCUT2D eigenvalue weighted by Crippen LogP contribution is -2.47. The number of primary amides is 1. The summed E-state index contributed by atoms with van der Waals surface area (Å²) in [4.78, 5) is 35.7. The van der Waals surface area contributed by atoms with Gasteiger partial charge in [-0.2, -0.15) is 0 Å². The molecule has 7 heteroatoms. The number of hydrogen-bond donors (Lipinski definition) is 3. The van der Waals surface area contributed by atoms with Crippen LogP contribution in [0.2, 0.25) is 0 Å². The molecule has 0 aromatic heterocycles.